The van der Waals surface area contributed by atoms with Crippen LogP contribution in [-0.2, 0) is 9.47 Å². The summed E-state index contributed by atoms with van der Waals surface area (Å²) in [5.41, 5.74) is 1.89. The molecular formula is C15H21NO3. The van der Waals surface area contributed by atoms with Crippen molar-refractivity contribution in [2.75, 3.05) is 18.5 Å². The molecule has 2 aliphatic rings. The Labute approximate surface area is 113 Å². The van der Waals surface area contributed by atoms with Gasteiger partial charge in [-0.15, -0.1) is 0 Å². The van der Waals surface area contributed by atoms with Gasteiger partial charge in [0.05, 0.1) is 13.2 Å². The Kier molecular flexibility index (Phi) is 3.37. The molecule has 4 heteroatoms. The molecule has 104 valence electrons. The minimum absolute atomic E-state index is 0.298. The Morgan fingerprint density at radius 1 is 1.21 bits per heavy atom. The number of nitrogens with one attached hydrogen (secondary N) is 1. The Morgan fingerprint density at radius 2 is 1.89 bits per heavy atom. The summed E-state index contributed by atoms with van der Waals surface area (Å²) in [4.78, 5) is 0. The van der Waals surface area contributed by atoms with Gasteiger partial charge < -0.3 is 19.9 Å². The molecule has 3 rings (SSSR count). The van der Waals surface area contributed by atoms with Crippen LogP contribution in [0.3, 0.4) is 0 Å². The molecule has 0 amide bonds. The Balaban J connectivity index is 1.58. The van der Waals surface area contributed by atoms with Gasteiger partial charge in [0.1, 0.15) is 5.75 Å². The lowest BCUT2D eigenvalue weighted by molar-refractivity contribution is -0.177. The molecule has 1 aliphatic carbocycles. The molecule has 19 heavy (non-hydrogen) atoms. The third kappa shape index (κ3) is 2.69. The predicted molar refractivity (Wildman–Crippen MR) is 73.4 cm³/mol. The first-order valence-electron chi connectivity index (χ1n) is 7.01. The van der Waals surface area contributed by atoms with E-state index in [-0.39, 0.29) is 5.79 Å². The van der Waals surface area contributed by atoms with Crippen LogP contribution in [0.4, 0.5) is 5.69 Å². The van der Waals surface area contributed by atoms with Crippen LogP contribution in [0.1, 0.15) is 31.2 Å². The fourth-order valence-corrected chi connectivity index (χ4v) is 2.92. The van der Waals surface area contributed by atoms with E-state index in [0.29, 0.717) is 11.8 Å². The van der Waals surface area contributed by atoms with Gasteiger partial charge in [-0.2, -0.15) is 0 Å². The van der Waals surface area contributed by atoms with Crippen molar-refractivity contribution in [3.63, 3.8) is 0 Å². The Bertz CT molecular complexity index is 445. The number of ether oxygens (including phenoxy) is 2. The molecule has 0 radical (unpaired) electrons. The number of hydrogen-bond donors (Lipinski definition) is 2. The first-order valence-corrected chi connectivity index (χ1v) is 7.01. The summed E-state index contributed by atoms with van der Waals surface area (Å²) in [5, 5.41) is 13.2. The highest BCUT2D eigenvalue weighted by Gasteiger charge is 2.40. The van der Waals surface area contributed by atoms with Gasteiger partial charge in [0, 0.05) is 30.6 Å². The van der Waals surface area contributed by atoms with Crippen molar-refractivity contribution in [3.05, 3.63) is 23.8 Å². The van der Waals surface area contributed by atoms with E-state index in [9.17, 15) is 5.11 Å². The van der Waals surface area contributed by atoms with Gasteiger partial charge in [-0.05, 0) is 31.4 Å². The number of aromatic hydroxyl groups is 1. The fourth-order valence-electron chi connectivity index (χ4n) is 2.92. The van der Waals surface area contributed by atoms with Crippen molar-refractivity contribution in [2.24, 2.45) is 0 Å². The van der Waals surface area contributed by atoms with Gasteiger partial charge >= 0.3 is 0 Å². The molecule has 0 aromatic heterocycles. The third-order valence-electron chi connectivity index (χ3n) is 4.14. The summed E-state index contributed by atoms with van der Waals surface area (Å²) < 4.78 is 11.4. The van der Waals surface area contributed by atoms with Crippen molar-refractivity contribution >= 4 is 5.69 Å². The molecule has 1 aromatic carbocycles. The highest BCUT2D eigenvalue weighted by molar-refractivity contribution is 5.51. The zero-order valence-electron chi connectivity index (χ0n) is 11.3. The number of rotatable bonds is 2. The molecule has 1 saturated carbocycles. The molecule has 0 unspecified atom stereocenters. The number of phenolic OH excluding ortho intramolecular Hbond substituents is 1. The van der Waals surface area contributed by atoms with Crippen LogP contribution in [0.2, 0.25) is 0 Å². The van der Waals surface area contributed by atoms with Crippen LogP contribution in [0, 0.1) is 6.92 Å². The van der Waals surface area contributed by atoms with E-state index in [1.54, 1.807) is 6.07 Å². The largest absolute Gasteiger partial charge is 0.508 e. The number of benzene rings is 1. The molecule has 1 aliphatic heterocycles. The molecule has 1 aromatic rings. The summed E-state index contributed by atoms with van der Waals surface area (Å²) in [6.07, 6.45) is 3.97. The van der Waals surface area contributed by atoms with E-state index in [4.69, 9.17) is 9.47 Å². The van der Waals surface area contributed by atoms with Crippen LogP contribution >= 0.6 is 0 Å². The van der Waals surface area contributed by atoms with Crippen molar-refractivity contribution in [1.82, 2.24) is 0 Å². The summed E-state index contributed by atoms with van der Waals surface area (Å²) in [7, 11) is 0. The first kappa shape index (κ1) is 12.8. The van der Waals surface area contributed by atoms with E-state index in [1.807, 2.05) is 19.1 Å². The van der Waals surface area contributed by atoms with E-state index >= 15 is 0 Å². The number of aryl methyl sites for hydroxylation is 1. The second kappa shape index (κ2) is 5.02. The van der Waals surface area contributed by atoms with Crippen molar-refractivity contribution in [1.29, 1.82) is 0 Å². The van der Waals surface area contributed by atoms with Gasteiger partial charge in [-0.25, -0.2) is 0 Å². The van der Waals surface area contributed by atoms with Crippen LogP contribution in [0.5, 0.6) is 5.75 Å². The summed E-state index contributed by atoms with van der Waals surface area (Å²) in [5.74, 6) is 0.0490. The van der Waals surface area contributed by atoms with Crippen molar-refractivity contribution < 1.29 is 14.6 Å². The highest BCUT2D eigenvalue weighted by Crippen LogP contribution is 2.36. The third-order valence-corrected chi connectivity index (χ3v) is 4.14. The number of phenols is 1. The SMILES string of the molecule is Cc1ccc(NC2CCC3(CC2)OCCO3)cc1O. The fraction of sp³-hybridized carbons (Fsp3) is 0.600. The number of hydrogen-bond acceptors (Lipinski definition) is 4. The van der Waals surface area contributed by atoms with Gasteiger partial charge in [-0.3, -0.25) is 0 Å². The first-order chi connectivity index (χ1) is 9.17. The molecule has 1 spiro atoms. The normalized spacial score (nSPS) is 22.8. The van der Waals surface area contributed by atoms with Crippen LogP contribution < -0.4 is 5.32 Å². The van der Waals surface area contributed by atoms with Crippen LogP contribution in [0.25, 0.3) is 0 Å². The van der Waals surface area contributed by atoms with Crippen LogP contribution in [-0.4, -0.2) is 30.1 Å². The smallest absolute Gasteiger partial charge is 0.168 e. The van der Waals surface area contributed by atoms with E-state index in [1.165, 1.54) is 0 Å². The summed E-state index contributed by atoms with van der Waals surface area (Å²) >= 11 is 0. The predicted octanol–water partition coefficient (Wildman–Crippen LogP) is 2.80. The summed E-state index contributed by atoms with van der Waals surface area (Å²) in [6.45, 7) is 3.35. The Morgan fingerprint density at radius 3 is 2.53 bits per heavy atom. The lowest BCUT2D eigenvalue weighted by Gasteiger charge is -2.36. The molecule has 0 bridgehead atoms. The molecule has 1 heterocycles. The minimum atomic E-state index is -0.298. The van der Waals surface area contributed by atoms with Crippen LogP contribution in [0.15, 0.2) is 18.2 Å². The second-order valence-corrected chi connectivity index (χ2v) is 5.53. The van der Waals surface area contributed by atoms with Crippen molar-refractivity contribution in [3.8, 4) is 5.75 Å². The molecule has 2 fully saturated rings. The standard InChI is InChI=1S/C15H21NO3/c1-11-2-3-13(10-14(11)17)16-12-4-6-15(7-5-12)18-8-9-19-15/h2-3,10,12,16-17H,4-9H2,1H3. The molecule has 1 saturated heterocycles. The molecule has 0 atom stereocenters. The maximum Gasteiger partial charge on any atom is 0.168 e. The zero-order valence-corrected chi connectivity index (χ0v) is 11.3. The average Bonchev–Trinajstić information content (AvgIpc) is 2.86. The highest BCUT2D eigenvalue weighted by atomic mass is 16.7. The van der Waals surface area contributed by atoms with E-state index < -0.39 is 0 Å². The van der Waals surface area contributed by atoms with Gasteiger partial charge in [0.25, 0.3) is 0 Å². The maximum absolute atomic E-state index is 9.72. The van der Waals surface area contributed by atoms with E-state index in [0.717, 1.165) is 50.1 Å². The lowest BCUT2D eigenvalue weighted by atomic mass is 9.90. The van der Waals surface area contributed by atoms with Gasteiger partial charge in [-0.1, -0.05) is 6.07 Å². The second-order valence-electron chi connectivity index (χ2n) is 5.53. The molecule has 4 nitrogen and oxygen atoms in total. The maximum atomic E-state index is 9.72. The minimum Gasteiger partial charge on any atom is -0.508 e. The lowest BCUT2D eigenvalue weighted by Crippen LogP contribution is -2.39. The average molecular weight is 263 g/mol. The molecular weight excluding hydrogens is 242 g/mol. The van der Waals surface area contributed by atoms with Gasteiger partial charge in [0.2, 0.25) is 0 Å². The monoisotopic (exact) mass is 263 g/mol. The number of anilines is 1. The Hall–Kier alpha value is -1.26. The topological polar surface area (TPSA) is 50.7 Å². The summed E-state index contributed by atoms with van der Waals surface area (Å²) in [6, 6.07) is 6.18. The van der Waals surface area contributed by atoms with Crippen molar-refractivity contribution in [2.45, 2.75) is 44.4 Å². The quantitative estimate of drug-likeness (QED) is 0.861. The molecule has 2 N–H and O–H groups in total. The van der Waals surface area contributed by atoms with Gasteiger partial charge in [0.15, 0.2) is 5.79 Å². The van der Waals surface area contributed by atoms with E-state index in [2.05, 4.69) is 5.32 Å². The zero-order chi connectivity index (χ0) is 13.3.